The second kappa shape index (κ2) is 13.6. The van der Waals surface area contributed by atoms with Gasteiger partial charge in [0.1, 0.15) is 8.24 Å². The molecule has 0 aromatic rings. The maximum absolute atomic E-state index is 5.22. The highest BCUT2D eigenvalue weighted by molar-refractivity contribution is 6.77. The van der Waals surface area contributed by atoms with Gasteiger partial charge >= 0.3 is 9.53 Å². The second-order valence-electron chi connectivity index (χ2n) is 7.24. The molecule has 142 valence electrons. The van der Waals surface area contributed by atoms with Gasteiger partial charge in [0.05, 0.1) is 0 Å². The lowest BCUT2D eigenvalue weighted by Gasteiger charge is -2.44. The van der Waals surface area contributed by atoms with Gasteiger partial charge in [-0.25, -0.2) is 0 Å². The van der Waals surface area contributed by atoms with E-state index in [1.807, 2.05) is 20.8 Å². The van der Waals surface area contributed by atoms with E-state index in [1.165, 1.54) is 19.4 Å². The molecule has 0 saturated heterocycles. The van der Waals surface area contributed by atoms with Crippen LogP contribution in [0.25, 0.3) is 0 Å². The minimum Gasteiger partial charge on any atom is -0.376 e. The van der Waals surface area contributed by atoms with Crippen LogP contribution in [-0.4, -0.2) is 55.7 Å². The molecule has 0 saturated carbocycles. The molecule has 0 radical (unpaired) electrons. The Morgan fingerprint density at radius 1 is 0.870 bits per heavy atom. The zero-order chi connectivity index (χ0) is 18.5. The highest BCUT2D eigenvalue weighted by atomic mass is 28.3. The Labute approximate surface area is 148 Å². The summed E-state index contributed by atoms with van der Waals surface area (Å²) in [5.74, 6) is 0. The van der Waals surface area contributed by atoms with Crippen LogP contribution in [0, 0.1) is 0 Å². The molecule has 0 spiro atoms. The molecule has 4 nitrogen and oxygen atoms in total. The molecule has 0 bridgehead atoms. The summed E-state index contributed by atoms with van der Waals surface area (Å²) in [6, 6.07) is 0. The van der Waals surface area contributed by atoms with Crippen LogP contribution >= 0.6 is 0 Å². The standard InChI is InChI=1S/C11H27NSi.C6H16O3Si/c1-8-9-10-12(5)13(6,7)11(2,3)4;1-4-7-10(8-5-2)9-6-3/h8-10H2,1-7H3;10H,4-6H2,1-3H3. The lowest BCUT2D eigenvalue weighted by molar-refractivity contribution is 0.107. The van der Waals surface area contributed by atoms with Gasteiger partial charge in [-0.15, -0.1) is 0 Å². The summed E-state index contributed by atoms with van der Waals surface area (Å²) in [6.45, 7) is 23.5. The van der Waals surface area contributed by atoms with Gasteiger partial charge in [0, 0.05) is 19.8 Å². The molecule has 6 heteroatoms. The summed E-state index contributed by atoms with van der Waals surface area (Å²) in [6.07, 6.45) is 2.64. The molecule has 23 heavy (non-hydrogen) atoms. The molecule has 0 rings (SSSR count). The summed E-state index contributed by atoms with van der Waals surface area (Å²) >= 11 is 0. The summed E-state index contributed by atoms with van der Waals surface area (Å²) < 4.78 is 18.3. The van der Waals surface area contributed by atoms with Gasteiger partial charge in [0.15, 0.2) is 0 Å². The Kier molecular flexibility index (Phi) is 15.0. The van der Waals surface area contributed by atoms with E-state index < -0.39 is 17.8 Å². The maximum atomic E-state index is 5.22. The fourth-order valence-corrected chi connectivity index (χ4v) is 4.77. The van der Waals surface area contributed by atoms with Crippen molar-refractivity contribution in [2.75, 3.05) is 33.4 Å². The predicted octanol–water partition coefficient (Wildman–Crippen LogP) is 4.54. The highest BCUT2D eigenvalue weighted by Crippen LogP contribution is 2.37. The van der Waals surface area contributed by atoms with Gasteiger partial charge in [-0.3, -0.25) is 0 Å². The van der Waals surface area contributed by atoms with E-state index in [9.17, 15) is 0 Å². The van der Waals surface area contributed by atoms with E-state index in [1.54, 1.807) is 0 Å². The van der Waals surface area contributed by atoms with Gasteiger partial charge in [0.2, 0.25) is 0 Å². The van der Waals surface area contributed by atoms with Gasteiger partial charge < -0.3 is 17.8 Å². The van der Waals surface area contributed by atoms with Crippen molar-refractivity contribution in [1.82, 2.24) is 4.57 Å². The van der Waals surface area contributed by atoms with Crippen LogP contribution < -0.4 is 0 Å². The first kappa shape index (κ1) is 25.5. The fraction of sp³-hybridized carbons (Fsp3) is 1.00. The Balaban J connectivity index is 0. The molecule has 0 fully saturated rings. The number of rotatable bonds is 10. The largest absolute Gasteiger partial charge is 0.484 e. The van der Waals surface area contributed by atoms with Crippen LogP contribution in [0.5, 0.6) is 0 Å². The van der Waals surface area contributed by atoms with Crippen molar-refractivity contribution in [3.63, 3.8) is 0 Å². The van der Waals surface area contributed by atoms with Gasteiger partial charge in [-0.1, -0.05) is 47.2 Å². The van der Waals surface area contributed by atoms with Gasteiger partial charge in [0.25, 0.3) is 0 Å². The summed E-state index contributed by atoms with van der Waals surface area (Å²) in [7, 11) is -0.647. The molecular weight excluding hydrogens is 322 g/mol. The summed E-state index contributed by atoms with van der Waals surface area (Å²) in [4.78, 5) is 0. The lowest BCUT2D eigenvalue weighted by atomic mass is 10.2. The molecule has 0 aromatic heterocycles. The minimum absolute atomic E-state index is 0.482. The molecule has 0 aliphatic rings. The van der Waals surface area contributed by atoms with Crippen molar-refractivity contribution in [3.8, 4) is 0 Å². The van der Waals surface area contributed by atoms with Gasteiger partial charge in [-0.05, 0) is 45.8 Å². The highest BCUT2D eigenvalue weighted by Gasteiger charge is 2.38. The first-order chi connectivity index (χ1) is 10.6. The van der Waals surface area contributed by atoms with E-state index in [4.69, 9.17) is 13.3 Å². The van der Waals surface area contributed by atoms with E-state index >= 15 is 0 Å². The Morgan fingerprint density at radius 3 is 1.52 bits per heavy atom. The van der Waals surface area contributed by atoms with Crippen molar-refractivity contribution < 1.29 is 13.3 Å². The number of nitrogens with zero attached hydrogens (tertiary/aromatic N) is 1. The average Bonchev–Trinajstić information content (AvgIpc) is 2.45. The molecule has 0 N–H and O–H groups in total. The number of hydrogen-bond acceptors (Lipinski definition) is 4. The third-order valence-electron chi connectivity index (χ3n) is 4.55. The molecule has 0 aromatic carbocycles. The Bertz CT molecular complexity index is 257. The SMILES string of the molecule is CCCCN(C)[Si](C)(C)C(C)(C)C.CCO[SiH](OCC)OCC. The average molecular weight is 366 g/mol. The smallest absolute Gasteiger partial charge is 0.376 e. The first-order valence-electron chi connectivity index (χ1n) is 9.14. The Morgan fingerprint density at radius 2 is 1.26 bits per heavy atom. The van der Waals surface area contributed by atoms with Crippen LogP contribution in [-0.2, 0) is 13.3 Å². The normalized spacial score (nSPS) is 12.5. The van der Waals surface area contributed by atoms with E-state index in [0.29, 0.717) is 24.9 Å². The molecule has 0 amide bonds. The predicted molar refractivity (Wildman–Crippen MR) is 107 cm³/mol. The monoisotopic (exact) mass is 365 g/mol. The van der Waals surface area contributed by atoms with Gasteiger partial charge in [-0.2, -0.15) is 0 Å². The van der Waals surface area contributed by atoms with Crippen LogP contribution in [0.1, 0.15) is 61.3 Å². The van der Waals surface area contributed by atoms with E-state index in [2.05, 4.69) is 52.4 Å². The fourth-order valence-electron chi connectivity index (χ4n) is 1.80. The number of unbranched alkanes of at least 4 members (excludes halogenated alkanes) is 1. The van der Waals surface area contributed by atoms with Crippen molar-refractivity contribution in [3.05, 3.63) is 0 Å². The number of hydrogen-bond donors (Lipinski definition) is 0. The molecule has 0 unspecified atom stereocenters. The van der Waals surface area contributed by atoms with Crippen molar-refractivity contribution >= 4 is 17.8 Å². The van der Waals surface area contributed by atoms with Crippen molar-refractivity contribution in [2.45, 2.75) is 79.4 Å². The molecule has 0 heterocycles. The zero-order valence-electron chi connectivity index (χ0n) is 17.5. The maximum Gasteiger partial charge on any atom is 0.484 e. The van der Waals surface area contributed by atoms with Crippen LogP contribution in [0.2, 0.25) is 18.1 Å². The van der Waals surface area contributed by atoms with Crippen molar-refractivity contribution in [1.29, 1.82) is 0 Å². The first-order valence-corrected chi connectivity index (χ1v) is 13.5. The summed E-state index contributed by atoms with van der Waals surface area (Å²) in [5.41, 5.74) is 0. The van der Waals surface area contributed by atoms with Crippen molar-refractivity contribution in [2.24, 2.45) is 0 Å². The van der Waals surface area contributed by atoms with Crippen LogP contribution in [0.15, 0.2) is 0 Å². The second-order valence-corrected chi connectivity index (χ2v) is 14.2. The third kappa shape index (κ3) is 11.5. The van der Waals surface area contributed by atoms with E-state index in [-0.39, 0.29) is 0 Å². The molecule has 0 aliphatic heterocycles. The lowest BCUT2D eigenvalue weighted by Crippen LogP contribution is -2.53. The molecular formula is C17H43NO3Si2. The topological polar surface area (TPSA) is 30.9 Å². The third-order valence-corrected chi connectivity index (χ3v) is 12.2. The Hall–Kier alpha value is 0.274. The van der Waals surface area contributed by atoms with Crippen LogP contribution in [0.3, 0.4) is 0 Å². The van der Waals surface area contributed by atoms with Crippen LogP contribution in [0.4, 0.5) is 0 Å². The van der Waals surface area contributed by atoms with E-state index in [0.717, 1.165) is 0 Å². The molecule has 0 aliphatic carbocycles. The zero-order valence-corrected chi connectivity index (χ0v) is 19.6. The summed E-state index contributed by atoms with van der Waals surface area (Å²) in [5, 5.41) is 0.482. The minimum atomic E-state index is -1.73. The quantitative estimate of drug-likeness (QED) is 0.532. The molecule has 0 atom stereocenters.